The van der Waals surface area contributed by atoms with Crippen LogP contribution in [-0.4, -0.2) is 38.6 Å². The van der Waals surface area contributed by atoms with Gasteiger partial charge in [0.2, 0.25) is 0 Å². The molecule has 20 heavy (non-hydrogen) atoms. The number of ether oxygens (including phenoxy) is 2. The molecule has 0 amide bonds. The lowest BCUT2D eigenvalue weighted by Crippen LogP contribution is -2.35. The van der Waals surface area contributed by atoms with Crippen molar-refractivity contribution in [3.05, 3.63) is 0 Å². The Morgan fingerprint density at radius 2 is 1.75 bits per heavy atom. The Morgan fingerprint density at radius 1 is 1.10 bits per heavy atom. The van der Waals surface area contributed by atoms with E-state index in [-0.39, 0.29) is 5.41 Å². The molecule has 3 nitrogen and oxygen atoms in total. The van der Waals surface area contributed by atoms with Gasteiger partial charge in [0.05, 0.1) is 13.2 Å². The van der Waals surface area contributed by atoms with Crippen LogP contribution in [0.2, 0.25) is 0 Å². The molecule has 120 valence electrons. The molecule has 0 unspecified atom stereocenters. The molecule has 1 saturated carbocycles. The molecule has 0 aromatic heterocycles. The second-order valence-electron chi connectivity index (χ2n) is 7.51. The first-order valence-corrected chi connectivity index (χ1v) is 8.11. The first-order valence-electron chi connectivity index (χ1n) is 8.11. The Labute approximate surface area is 125 Å². The second kappa shape index (κ2) is 8.35. The van der Waals surface area contributed by atoms with Crippen LogP contribution in [-0.2, 0) is 9.47 Å². The number of rotatable bonds is 8. The SMILES string of the molecule is COCCOCCCC1(CO)CCC(C(C)(C)C)CC1. The molecule has 1 aliphatic carbocycles. The summed E-state index contributed by atoms with van der Waals surface area (Å²) >= 11 is 0. The summed E-state index contributed by atoms with van der Waals surface area (Å²) in [5.74, 6) is 0.806. The van der Waals surface area contributed by atoms with Gasteiger partial charge in [-0.25, -0.2) is 0 Å². The highest BCUT2D eigenvalue weighted by molar-refractivity contribution is 4.88. The van der Waals surface area contributed by atoms with E-state index in [1.807, 2.05) is 0 Å². The fourth-order valence-electron chi connectivity index (χ4n) is 3.38. The summed E-state index contributed by atoms with van der Waals surface area (Å²) in [4.78, 5) is 0. The van der Waals surface area contributed by atoms with Crippen molar-refractivity contribution in [2.45, 2.75) is 59.3 Å². The lowest BCUT2D eigenvalue weighted by molar-refractivity contribution is 0.0168. The van der Waals surface area contributed by atoms with Crippen molar-refractivity contribution in [1.82, 2.24) is 0 Å². The Bertz CT molecular complexity index is 249. The third kappa shape index (κ3) is 5.71. The van der Waals surface area contributed by atoms with E-state index < -0.39 is 0 Å². The molecule has 0 aliphatic heterocycles. The van der Waals surface area contributed by atoms with Gasteiger partial charge < -0.3 is 14.6 Å². The average molecular weight is 286 g/mol. The minimum atomic E-state index is 0.159. The van der Waals surface area contributed by atoms with Crippen molar-refractivity contribution in [3.8, 4) is 0 Å². The van der Waals surface area contributed by atoms with Crippen molar-refractivity contribution in [2.24, 2.45) is 16.7 Å². The third-order valence-electron chi connectivity index (χ3n) is 5.03. The van der Waals surface area contributed by atoms with Gasteiger partial charge in [0.25, 0.3) is 0 Å². The van der Waals surface area contributed by atoms with Crippen LogP contribution in [0.15, 0.2) is 0 Å². The summed E-state index contributed by atoms with van der Waals surface area (Å²) in [6, 6.07) is 0. The van der Waals surface area contributed by atoms with Crippen LogP contribution in [0.25, 0.3) is 0 Å². The van der Waals surface area contributed by atoms with E-state index >= 15 is 0 Å². The van der Waals surface area contributed by atoms with E-state index in [1.165, 1.54) is 25.7 Å². The maximum Gasteiger partial charge on any atom is 0.0700 e. The Balaban J connectivity index is 2.28. The number of aliphatic hydroxyl groups excluding tert-OH is 1. The number of aliphatic hydroxyl groups is 1. The van der Waals surface area contributed by atoms with Crippen LogP contribution >= 0.6 is 0 Å². The lowest BCUT2D eigenvalue weighted by atomic mass is 9.63. The van der Waals surface area contributed by atoms with Gasteiger partial charge in [0, 0.05) is 20.3 Å². The fraction of sp³-hybridized carbons (Fsp3) is 1.00. The molecule has 0 aromatic carbocycles. The van der Waals surface area contributed by atoms with Crippen LogP contribution in [0, 0.1) is 16.7 Å². The monoisotopic (exact) mass is 286 g/mol. The quantitative estimate of drug-likeness (QED) is 0.692. The lowest BCUT2D eigenvalue weighted by Gasteiger charge is -2.43. The van der Waals surface area contributed by atoms with Crippen LogP contribution in [0.1, 0.15) is 59.3 Å². The molecule has 1 fully saturated rings. The normalized spacial score (nSPS) is 27.8. The number of methoxy groups -OCH3 is 1. The number of hydrogen-bond donors (Lipinski definition) is 1. The molecule has 0 bridgehead atoms. The Hall–Kier alpha value is -0.120. The highest BCUT2D eigenvalue weighted by Crippen LogP contribution is 2.47. The molecule has 0 aromatic rings. The van der Waals surface area contributed by atoms with Crippen LogP contribution in [0.5, 0.6) is 0 Å². The summed E-state index contributed by atoms with van der Waals surface area (Å²) < 4.78 is 10.5. The van der Waals surface area contributed by atoms with E-state index in [1.54, 1.807) is 7.11 Å². The summed E-state index contributed by atoms with van der Waals surface area (Å²) in [7, 11) is 1.69. The van der Waals surface area contributed by atoms with E-state index in [4.69, 9.17) is 9.47 Å². The van der Waals surface area contributed by atoms with Crippen molar-refractivity contribution < 1.29 is 14.6 Å². The Morgan fingerprint density at radius 3 is 2.25 bits per heavy atom. The van der Waals surface area contributed by atoms with Crippen molar-refractivity contribution in [2.75, 3.05) is 33.5 Å². The van der Waals surface area contributed by atoms with E-state index in [0.717, 1.165) is 25.4 Å². The van der Waals surface area contributed by atoms with Crippen LogP contribution < -0.4 is 0 Å². The average Bonchev–Trinajstić information content (AvgIpc) is 2.42. The molecular formula is C17H34O3. The molecule has 1 N–H and O–H groups in total. The van der Waals surface area contributed by atoms with Gasteiger partial charge >= 0.3 is 0 Å². The van der Waals surface area contributed by atoms with Crippen LogP contribution in [0.4, 0.5) is 0 Å². The molecule has 0 radical (unpaired) electrons. The van der Waals surface area contributed by atoms with Gasteiger partial charge in [-0.2, -0.15) is 0 Å². The minimum absolute atomic E-state index is 0.159. The molecule has 1 rings (SSSR count). The molecule has 0 spiro atoms. The van der Waals surface area contributed by atoms with Gasteiger partial charge in [0.1, 0.15) is 0 Å². The maximum absolute atomic E-state index is 9.81. The molecule has 0 saturated heterocycles. The first kappa shape index (κ1) is 17.9. The zero-order valence-electron chi connectivity index (χ0n) is 13.9. The molecule has 1 aliphatic rings. The van der Waals surface area contributed by atoms with Crippen molar-refractivity contribution >= 4 is 0 Å². The zero-order valence-corrected chi connectivity index (χ0v) is 13.9. The predicted octanol–water partition coefficient (Wildman–Crippen LogP) is 3.64. The topological polar surface area (TPSA) is 38.7 Å². The zero-order chi connectivity index (χ0) is 15.1. The van der Waals surface area contributed by atoms with Crippen molar-refractivity contribution in [1.29, 1.82) is 0 Å². The predicted molar refractivity (Wildman–Crippen MR) is 82.9 cm³/mol. The summed E-state index contributed by atoms with van der Waals surface area (Å²) in [5, 5.41) is 9.81. The van der Waals surface area contributed by atoms with Crippen molar-refractivity contribution in [3.63, 3.8) is 0 Å². The summed E-state index contributed by atoms with van der Waals surface area (Å²) in [6.45, 7) is 9.48. The minimum Gasteiger partial charge on any atom is -0.396 e. The van der Waals surface area contributed by atoms with E-state index in [9.17, 15) is 5.11 Å². The van der Waals surface area contributed by atoms with E-state index in [0.29, 0.717) is 25.2 Å². The molecule has 0 heterocycles. The van der Waals surface area contributed by atoms with Gasteiger partial charge in [0.15, 0.2) is 0 Å². The molecule has 0 atom stereocenters. The third-order valence-corrected chi connectivity index (χ3v) is 5.03. The first-order chi connectivity index (χ1) is 9.43. The maximum atomic E-state index is 9.81. The molecule has 3 heteroatoms. The van der Waals surface area contributed by atoms with Gasteiger partial charge in [-0.15, -0.1) is 0 Å². The van der Waals surface area contributed by atoms with Gasteiger partial charge in [-0.1, -0.05) is 20.8 Å². The standard InChI is InChI=1S/C17H34O3/c1-16(2,3)15-6-9-17(14-18,10-7-15)8-5-11-20-13-12-19-4/h15,18H,5-14H2,1-4H3. The Kier molecular flexibility index (Phi) is 7.49. The highest BCUT2D eigenvalue weighted by Gasteiger charge is 2.37. The molecular weight excluding hydrogens is 252 g/mol. The fourth-order valence-corrected chi connectivity index (χ4v) is 3.38. The van der Waals surface area contributed by atoms with E-state index in [2.05, 4.69) is 20.8 Å². The second-order valence-corrected chi connectivity index (χ2v) is 7.51. The van der Waals surface area contributed by atoms with Crippen LogP contribution in [0.3, 0.4) is 0 Å². The summed E-state index contributed by atoms with van der Waals surface area (Å²) in [6.07, 6.45) is 6.99. The van der Waals surface area contributed by atoms with Gasteiger partial charge in [-0.05, 0) is 55.3 Å². The number of hydrogen-bond acceptors (Lipinski definition) is 3. The largest absolute Gasteiger partial charge is 0.396 e. The highest BCUT2D eigenvalue weighted by atomic mass is 16.5. The smallest absolute Gasteiger partial charge is 0.0700 e. The summed E-state index contributed by atoms with van der Waals surface area (Å²) in [5.41, 5.74) is 0.567. The van der Waals surface area contributed by atoms with Gasteiger partial charge in [-0.3, -0.25) is 0 Å².